The number of nitrogens with one attached hydrogen (secondary N) is 1. The number of carbonyl (C=O) groups is 2. The van der Waals surface area contributed by atoms with E-state index in [9.17, 15) is 9.59 Å². The van der Waals surface area contributed by atoms with Gasteiger partial charge in [0.05, 0.1) is 5.75 Å². The van der Waals surface area contributed by atoms with Crippen molar-refractivity contribution in [3.63, 3.8) is 0 Å². The molecule has 0 bridgehead atoms. The van der Waals surface area contributed by atoms with E-state index in [1.54, 1.807) is 12.1 Å². The molecule has 0 spiro atoms. The summed E-state index contributed by atoms with van der Waals surface area (Å²) < 4.78 is 1.40. The number of hydrogen-bond donors (Lipinski definition) is 1. The summed E-state index contributed by atoms with van der Waals surface area (Å²) in [6.07, 6.45) is 0. The standard InChI is InChI=1S/C11H9BrN2O2S2/c12-7-1-3-8(4-2-7)13-9(15)5-14-10(16)6-18-11(14)17/h1-4H,5-6H2,(H,13,15). The molecule has 1 aromatic carbocycles. The van der Waals surface area contributed by atoms with Gasteiger partial charge in [-0.15, -0.1) is 0 Å². The Balaban J connectivity index is 1.94. The SMILES string of the molecule is O=C(CN1C(=O)CSC1=S)Nc1ccc(Br)cc1. The molecule has 94 valence electrons. The highest BCUT2D eigenvalue weighted by Gasteiger charge is 2.28. The van der Waals surface area contributed by atoms with Crippen LogP contribution in [0.5, 0.6) is 0 Å². The van der Waals surface area contributed by atoms with E-state index in [2.05, 4.69) is 21.2 Å². The summed E-state index contributed by atoms with van der Waals surface area (Å²) in [5.41, 5.74) is 0.688. The molecular formula is C11H9BrN2O2S2. The van der Waals surface area contributed by atoms with Crippen LogP contribution in [0.4, 0.5) is 5.69 Å². The van der Waals surface area contributed by atoms with Gasteiger partial charge in [0.2, 0.25) is 11.8 Å². The fraction of sp³-hybridized carbons (Fsp3) is 0.182. The average Bonchev–Trinajstić information content (AvgIpc) is 2.64. The molecule has 0 unspecified atom stereocenters. The molecule has 0 saturated carbocycles. The predicted octanol–water partition coefficient (Wildman–Crippen LogP) is 2.25. The second kappa shape index (κ2) is 5.81. The minimum absolute atomic E-state index is 0.0271. The van der Waals surface area contributed by atoms with Gasteiger partial charge in [-0.25, -0.2) is 0 Å². The maximum Gasteiger partial charge on any atom is 0.244 e. The monoisotopic (exact) mass is 344 g/mol. The van der Waals surface area contributed by atoms with Crippen molar-refractivity contribution in [2.24, 2.45) is 0 Å². The lowest BCUT2D eigenvalue weighted by Gasteiger charge is -2.14. The maximum atomic E-state index is 11.8. The zero-order chi connectivity index (χ0) is 13.1. The molecule has 1 aromatic rings. The van der Waals surface area contributed by atoms with Gasteiger partial charge in [-0.2, -0.15) is 0 Å². The maximum absolute atomic E-state index is 11.8. The molecular weight excluding hydrogens is 336 g/mol. The largest absolute Gasteiger partial charge is 0.325 e. The van der Waals surface area contributed by atoms with Gasteiger partial charge in [0, 0.05) is 10.2 Å². The lowest BCUT2D eigenvalue weighted by molar-refractivity contribution is -0.127. The number of nitrogens with zero attached hydrogens (tertiary/aromatic N) is 1. The van der Waals surface area contributed by atoms with Crippen LogP contribution in [0.3, 0.4) is 0 Å². The summed E-state index contributed by atoms with van der Waals surface area (Å²) in [6.45, 7) is -0.0271. The number of benzene rings is 1. The smallest absolute Gasteiger partial charge is 0.244 e. The third kappa shape index (κ3) is 3.30. The Morgan fingerprint density at radius 1 is 1.44 bits per heavy atom. The first-order valence-electron chi connectivity index (χ1n) is 5.09. The van der Waals surface area contributed by atoms with Crippen molar-refractivity contribution in [2.75, 3.05) is 17.6 Å². The second-order valence-electron chi connectivity index (χ2n) is 3.59. The first kappa shape index (κ1) is 13.5. The quantitative estimate of drug-likeness (QED) is 0.854. The molecule has 0 radical (unpaired) electrons. The molecule has 2 rings (SSSR count). The third-order valence-electron chi connectivity index (χ3n) is 2.27. The molecule has 0 atom stereocenters. The van der Waals surface area contributed by atoms with Crippen LogP contribution in [-0.4, -0.2) is 33.3 Å². The van der Waals surface area contributed by atoms with E-state index in [0.717, 1.165) is 4.47 Å². The van der Waals surface area contributed by atoms with E-state index in [1.807, 2.05) is 12.1 Å². The summed E-state index contributed by atoms with van der Waals surface area (Å²) >= 11 is 9.60. The number of amides is 2. The molecule has 1 aliphatic heterocycles. The second-order valence-corrected chi connectivity index (χ2v) is 6.11. The van der Waals surface area contributed by atoms with Crippen LogP contribution in [0.1, 0.15) is 0 Å². The molecule has 2 amide bonds. The van der Waals surface area contributed by atoms with Crippen LogP contribution in [0.2, 0.25) is 0 Å². The van der Waals surface area contributed by atoms with E-state index in [1.165, 1.54) is 16.7 Å². The highest BCUT2D eigenvalue weighted by molar-refractivity contribution is 9.10. The molecule has 1 fully saturated rings. The van der Waals surface area contributed by atoms with Gasteiger partial charge in [-0.1, -0.05) is 39.9 Å². The topological polar surface area (TPSA) is 49.4 Å². The van der Waals surface area contributed by atoms with E-state index in [-0.39, 0.29) is 18.4 Å². The number of halogens is 1. The zero-order valence-corrected chi connectivity index (χ0v) is 12.4. The van der Waals surface area contributed by atoms with Crippen LogP contribution < -0.4 is 5.32 Å². The minimum Gasteiger partial charge on any atom is -0.325 e. The van der Waals surface area contributed by atoms with Crippen molar-refractivity contribution in [2.45, 2.75) is 0 Å². The van der Waals surface area contributed by atoms with Crippen LogP contribution in [0, 0.1) is 0 Å². The Hall–Kier alpha value is -0.920. The molecule has 1 N–H and O–H groups in total. The van der Waals surface area contributed by atoms with Crippen molar-refractivity contribution in [1.82, 2.24) is 4.90 Å². The summed E-state index contributed by atoms with van der Waals surface area (Å²) in [5.74, 6) is -0.0452. The van der Waals surface area contributed by atoms with E-state index in [4.69, 9.17) is 12.2 Å². The number of hydrogen-bond acceptors (Lipinski definition) is 4. The Bertz CT molecular complexity index is 488. The molecule has 1 heterocycles. The van der Waals surface area contributed by atoms with Gasteiger partial charge in [-0.05, 0) is 24.3 Å². The Morgan fingerprint density at radius 2 is 2.11 bits per heavy atom. The Kier molecular flexibility index (Phi) is 4.36. The minimum atomic E-state index is -0.254. The first-order chi connectivity index (χ1) is 8.56. The third-order valence-corrected chi connectivity index (χ3v) is 4.23. The lowest BCUT2D eigenvalue weighted by atomic mass is 10.3. The van der Waals surface area contributed by atoms with Crippen molar-refractivity contribution in [3.05, 3.63) is 28.7 Å². The number of rotatable bonds is 3. The fourth-order valence-electron chi connectivity index (χ4n) is 1.41. The van der Waals surface area contributed by atoms with Gasteiger partial charge in [-0.3, -0.25) is 14.5 Å². The van der Waals surface area contributed by atoms with Gasteiger partial charge < -0.3 is 5.32 Å². The molecule has 1 aliphatic rings. The van der Waals surface area contributed by atoms with Crippen LogP contribution in [-0.2, 0) is 9.59 Å². The van der Waals surface area contributed by atoms with Gasteiger partial charge in [0.25, 0.3) is 0 Å². The average molecular weight is 345 g/mol. The van der Waals surface area contributed by atoms with Crippen LogP contribution in [0.25, 0.3) is 0 Å². The number of anilines is 1. The first-order valence-corrected chi connectivity index (χ1v) is 7.27. The predicted molar refractivity (Wildman–Crippen MR) is 79.5 cm³/mol. The van der Waals surface area contributed by atoms with Gasteiger partial charge in [0.15, 0.2) is 0 Å². The van der Waals surface area contributed by atoms with Crippen molar-refractivity contribution >= 4 is 61.7 Å². The lowest BCUT2D eigenvalue weighted by Crippen LogP contribution is -2.36. The summed E-state index contributed by atoms with van der Waals surface area (Å²) in [7, 11) is 0. The van der Waals surface area contributed by atoms with Crippen molar-refractivity contribution < 1.29 is 9.59 Å². The van der Waals surface area contributed by atoms with Crippen LogP contribution in [0.15, 0.2) is 28.7 Å². The Morgan fingerprint density at radius 3 is 2.67 bits per heavy atom. The van der Waals surface area contributed by atoms with Gasteiger partial charge in [0.1, 0.15) is 10.9 Å². The van der Waals surface area contributed by atoms with E-state index < -0.39 is 0 Å². The normalized spacial score (nSPS) is 15.1. The summed E-state index contributed by atoms with van der Waals surface area (Å²) in [5, 5.41) is 2.71. The zero-order valence-electron chi connectivity index (χ0n) is 9.18. The highest BCUT2D eigenvalue weighted by atomic mass is 79.9. The molecule has 1 saturated heterocycles. The fourth-order valence-corrected chi connectivity index (χ4v) is 2.74. The molecule has 0 aliphatic carbocycles. The van der Waals surface area contributed by atoms with Gasteiger partial charge >= 0.3 is 0 Å². The number of thiocarbonyl (C=S) groups is 1. The molecule has 18 heavy (non-hydrogen) atoms. The summed E-state index contributed by atoms with van der Waals surface area (Å²) in [4.78, 5) is 24.5. The summed E-state index contributed by atoms with van der Waals surface area (Å²) in [6, 6.07) is 7.22. The number of thioether (sulfide) groups is 1. The van der Waals surface area contributed by atoms with E-state index >= 15 is 0 Å². The van der Waals surface area contributed by atoms with Crippen LogP contribution >= 0.6 is 39.9 Å². The Labute approximate surface area is 122 Å². The molecule has 0 aromatic heterocycles. The number of carbonyl (C=O) groups excluding carboxylic acids is 2. The highest BCUT2D eigenvalue weighted by Crippen LogP contribution is 2.19. The molecule has 4 nitrogen and oxygen atoms in total. The van der Waals surface area contributed by atoms with Crippen molar-refractivity contribution in [3.8, 4) is 0 Å². The van der Waals surface area contributed by atoms with E-state index in [0.29, 0.717) is 15.8 Å². The van der Waals surface area contributed by atoms with Crippen molar-refractivity contribution in [1.29, 1.82) is 0 Å². The molecule has 7 heteroatoms.